The van der Waals surface area contributed by atoms with E-state index in [4.69, 9.17) is 4.74 Å². The molecule has 138 valence electrons. The highest BCUT2D eigenvalue weighted by atomic mass is 16.5. The molecule has 5 nitrogen and oxygen atoms in total. The van der Waals surface area contributed by atoms with E-state index in [0.29, 0.717) is 12.6 Å². The lowest BCUT2D eigenvalue weighted by molar-refractivity contribution is -0.133. The Morgan fingerprint density at radius 2 is 1.72 bits per heavy atom. The Morgan fingerprint density at radius 1 is 1.08 bits per heavy atom. The molecule has 1 amide bonds. The van der Waals surface area contributed by atoms with E-state index in [1.807, 2.05) is 17.0 Å². The van der Waals surface area contributed by atoms with Crippen LogP contribution in [0.4, 0.5) is 5.69 Å². The Kier molecular flexibility index (Phi) is 6.19. The quantitative estimate of drug-likeness (QED) is 0.822. The van der Waals surface area contributed by atoms with E-state index in [9.17, 15) is 4.79 Å². The van der Waals surface area contributed by atoms with Gasteiger partial charge in [-0.25, -0.2) is 0 Å². The average molecular weight is 345 g/mol. The third-order valence-corrected chi connectivity index (χ3v) is 5.65. The van der Waals surface area contributed by atoms with E-state index < -0.39 is 0 Å². The van der Waals surface area contributed by atoms with Crippen LogP contribution in [0, 0.1) is 0 Å². The topological polar surface area (TPSA) is 36.0 Å². The summed E-state index contributed by atoms with van der Waals surface area (Å²) in [6.45, 7) is 3.97. The Bertz CT molecular complexity index is 547. The fourth-order valence-electron chi connectivity index (χ4n) is 3.97. The molecule has 0 radical (unpaired) electrons. The summed E-state index contributed by atoms with van der Waals surface area (Å²) in [4.78, 5) is 19.3. The lowest BCUT2D eigenvalue weighted by atomic mass is 9.94. The molecular formula is C20H31N3O2. The summed E-state index contributed by atoms with van der Waals surface area (Å²) in [5.74, 6) is 1.16. The number of carbonyl (C=O) groups is 1. The van der Waals surface area contributed by atoms with E-state index in [2.05, 4.69) is 29.0 Å². The summed E-state index contributed by atoms with van der Waals surface area (Å²) in [5.41, 5.74) is 1.20. The molecule has 1 aliphatic heterocycles. The van der Waals surface area contributed by atoms with Gasteiger partial charge in [0.05, 0.1) is 13.7 Å². The fraction of sp³-hybridized carbons (Fsp3) is 0.650. The summed E-state index contributed by atoms with van der Waals surface area (Å²) in [7, 11) is 3.80. The van der Waals surface area contributed by atoms with E-state index >= 15 is 0 Å². The van der Waals surface area contributed by atoms with Crippen molar-refractivity contribution >= 4 is 11.6 Å². The number of piperazine rings is 1. The number of methoxy groups -OCH3 is 1. The van der Waals surface area contributed by atoms with Crippen molar-refractivity contribution in [2.75, 3.05) is 51.8 Å². The minimum absolute atomic E-state index is 0.280. The van der Waals surface area contributed by atoms with Gasteiger partial charge in [0, 0.05) is 37.9 Å². The van der Waals surface area contributed by atoms with Crippen molar-refractivity contribution in [3.63, 3.8) is 0 Å². The minimum atomic E-state index is 0.280. The van der Waals surface area contributed by atoms with Crippen LogP contribution in [0.2, 0.25) is 0 Å². The predicted molar refractivity (Wildman–Crippen MR) is 101 cm³/mol. The maximum atomic E-state index is 12.6. The van der Waals surface area contributed by atoms with Gasteiger partial charge in [-0.05, 0) is 44.2 Å². The first-order valence-electron chi connectivity index (χ1n) is 9.54. The smallest absolute Gasteiger partial charge is 0.236 e. The molecule has 1 aromatic rings. The van der Waals surface area contributed by atoms with Crippen LogP contribution in [0.5, 0.6) is 5.75 Å². The Hall–Kier alpha value is -1.75. The van der Waals surface area contributed by atoms with Gasteiger partial charge in [0.25, 0.3) is 0 Å². The van der Waals surface area contributed by atoms with Crippen molar-refractivity contribution in [3.05, 3.63) is 24.3 Å². The van der Waals surface area contributed by atoms with Crippen LogP contribution >= 0.6 is 0 Å². The number of hydrogen-bond donors (Lipinski definition) is 0. The molecule has 2 aliphatic rings. The molecule has 1 aliphatic carbocycles. The molecule has 3 rings (SSSR count). The van der Waals surface area contributed by atoms with Gasteiger partial charge >= 0.3 is 0 Å². The second-order valence-electron chi connectivity index (χ2n) is 7.27. The van der Waals surface area contributed by atoms with E-state index in [0.717, 1.165) is 31.9 Å². The van der Waals surface area contributed by atoms with Gasteiger partial charge in [-0.2, -0.15) is 0 Å². The maximum Gasteiger partial charge on any atom is 0.236 e. The van der Waals surface area contributed by atoms with Crippen LogP contribution in [0.15, 0.2) is 24.3 Å². The summed E-state index contributed by atoms with van der Waals surface area (Å²) in [5, 5.41) is 0. The van der Waals surface area contributed by atoms with Crippen molar-refractivity contribution < 1.29 is 9.53 Å². The van der Waals surface area contributed by atoms with Crippen molar-refractivity contribution in [3.8, 4) is 5.75 Å². The van der Waals surface area contributed by atoms with Gasteiger partial charge in [-0.15, -0.1) is 0 Å². The number of benzene rings is 1. The number of ether oxygens (including phenoxy) is 1. The van der Waals surface area contributed by atoms with Crippen LogP contribution in [0.3, 0.4) is 0 Å². The monoisotopic (exact) mass is 345 g/mol. The number of rotatable bonds is 5. The summed E-state index contributed by atoms with van der Waals surface area (Å²) < 4.78 is 5.22. The maximum absolute atomic E-state index is 12.6. The summed E-state index contributed by atoms with van der Waals surface area (Å²) in [6.07, 6.45) is 6.46. The van der Waals surface area contributed by atoms with E-state index in [1.54, 1.807) is 7.11 Å². The zero-order valence-corrected chi connectivity index (χ0v) is 15.6. The molecule has 0 unspecified atom stereocenters. The van der Waals surface area contributed by atoms with Gasteiger partial charge in [-0.3, -0.25) is 9.69 Å². The zero-order chi connectivity index (χ0) is 17.6. The highest BCUT2D eigenvalue weighted by Gasteiger charge is 2.25. The second kappa shape index (κ2) is 8.56. The molecule has 0 spiro atoms. The zero-order valence-electron chi connectivity index (χ0n) is 15.6. The van der Waals surface area contributed by atoms with Gasteiger partial charge in [-0.1, -0.05) is 19.3 Å². The number of likely N-dealkylation sites (N-methyl/N-ethyl adjacent to an activating group) is 1. The van der Waals surface area contributed by atoms with Crippen LogP contribution < -0.4 is 9.64 Å². The molecule has 25 heavy (non-hydrogen) atoms. The molecule has 1 saturated heterocycles. The molecule has 0 N–H and O–H groups in total. The number of hydrogen-bond acceptors (Lipinski definition) is 4. The van der Waals surface area contributed by atoms with Crippen molar-refractivity contribution in [2.24, 2.45) is 0 Å². The van der Waals surface area contributed by atoms with Crippen molar-refractivity contribution in [2.45, 2.75) is 38.1 Å². The minimum Gasteiger partial charge on any atom is -0.497 e. The summed E-state index contributed by atoms with van der Waals surface area (Å²) in [6, 6.07) is 8.76. The highest BCUT2D eigenvalue weighted by molar-refractivity contribution is 5.78. The highest BCUT2D eigenvalue weighted by Crippen LogP contribution is 2.22. The van der Waals surface area contributed by atoms with Gasteiger partial charge in [0.1, 0.15) is 5.75 Å². The SMILES string of the molecule is COc1ccc(N2CCN(C(=O)CN(C)C3CCCCC3)CC2)cc1. The van der Waals surface area contributed by atoms with Crippen LogP contribution in [0.1, 0.15) is 32.1 Å². The third-order valence-electron chi connectivity index (χ3n) is 5.65. The fourth-order valence-corrected chi connectivity index (χ4v) is 3.97. The number of anilines is 1. The lowest BCUT2D eigenvalue weighted by Crippen LogP contribution is -2.52. The van der Waals surface area contributed by atoms with Gasteiger partial charge in [0.15, 0.2) is 0 Å². The molecular weight excluding hydrogens is 314 g/mol. The lowest BCUT2D eigenvalue weighted by Gasteiger charge is -2.38. The molecule has 1 saturated carbocycles. The average Bonchev–Trinajstić information content (AvgIpc) is 2.69. The normalized spacial score (nSPS) is 19.3. The number of amides is 1. The summed E-state index contributed by atoms with van der Waals surface area (Å²) >= 11 is 0. The van der Waals surface area contributed by atoms with E-state index in [1.165, 1.54) is 37.8 Å². The van der Waals surface area contributed by atoms with Gasteiger partial charge < -0.3 is 14.5 Å². The number of nitrogens with zero attached hydrogens (tertiary/aromatic N) is 3. The molecule has 1 aromatic carbocycles. The molecule has 5 heteroatoms. The van der Waals surface area contributed by atoms with Gasteiger partial charge in [0.2, 0.25) is 5.91 Å². The predicted octanol–water partition coefficient (Wildman–Crippen LogP) is 2.61. The van der Waals surface area contributed by atoms with Crippen LogP contribution in [-0.4, -0.2) is 68.6 Å². The van der Waals surface area contributed by atoms with Crippen LogP contribution in [0.25, 0.3) is 0 Å². The Balaban J connectivity index is 1.46. The first-order chi connectivity index (χ1) is 12.2. The van der Waals surface area contributed by atoms with E-state index in [-0.39, 0.29) is 5.91 Å². The first-order valence-corrected chi connectivity index (χ1v) is 9.54. The largest absolute Gasteiger partial charge is 0.497 e. The Morgan fingerprint density at radius 3 is 2.32 bits per heavy atom. The second-order valence-corrected chi connectivity index (χ2v) is 7.27. The third kappa shape index (κ3) is 4.66. The first kappa shape index (κ1) is 18.1. The van der Waals surface area contributed by atoms with Crippen molar-refractivity contribution in [1.29, 1.82) is 0 Å². The molecule has 0 bridgehead atoms. The molecule has 2 fully saturated rings. The van der Waals surface area contributed by atoms with Crippen molar-refractivity contribution in [1.82, 2.24) is 9.80 Å². The molecule has 0 aromatic heterocycles. The van der Waals surface area contributed by atoms with Crippen LogP contribution in [-0.2, 0) is 4.79 Å². The standard InChI is InChI=1S/C20H31N3O2/c1-21(17-6-4-3-5-7-17)16-20(24)23-14-12-22(13-15-23)18-8-10-19(25-2)11-9-18/h8-11,17H,3-7,12-16H2,1-2H3. The number of carbonyl (C=O) groups excluding carboxylic acids is 1. The molecule has 1 heterocycles. The molecule has 0 atom stereocenters. The Labute approximate surface area is 151 Å².